The second-order valence-electron chi connectivity index (χ2n) is 7.30. The van der Waals surface area contributed by atoms with Crippen molar-refractivity contribution in [1.82, 2.24) is 5.01 Å². The van der Waals surface area contributed by atoms with Crippen molar-refractivity contribution in [2.24, 2.45) is 11.0 Å². The molecule has 2 fully saturated rings. The van der Waals surface area contributed by atoms with Crippen LogP contribution in [0.3, 0.4) is 0 Å². The molecule has 0 saturated heterocycles. The fraction of sp³-hybridized carbons (Fsp3) is 0.250. The molecular formula is C24H24FeN2O+2. The fourth-order valence-corrected chi connectivity index (χ4v) is 4.28. The maximum atomic E-state index is 12.1. The van der Waals surface area contributed by atoms with Gasteiger partial charge >= 0.3 is 17.1 Å². The summed E-state index contributed by atoms with van der Waals surface area (Å²) in [5, 5.41) is 6.41. The van der Waals surface area contributed by atoms with E-state index >= 15 is 0 Å². The van der Waals surface area contributed by atoms with E-state index in [1.54, 1.807) is 11.9 Å². The van der Waals surface area contributed by atoms with Crippen molar-refractivity contribution in [2.45, 2.75) is 32.2 Å². The van der Waals surface area contributed by atoms with Crippen LogP contribution in [0.15, 0.2) is 29.4 Å². The van der Waals surface area contributed by atoms with Gasteiger partial charge in [0.05, 0.1) is 11.8 Å². The summed E-state index contributed by atoms with van der Waals surface area (Å²) in [5.41, 5.74) is 3.64. The van der Waals surface area contributed by atoms with Crippen molar-refractivity contribution < 1.29 is 21.9 Å². The fourth-order valence-electron chi connectivity index (χ4n) is 4.28. The second kappa shape index (κ2) is 9.59. The number of carbonyl (C=O) groups is 1. The Morgan fingerprint density at radius 2 is 1.61 bits per heavy atom. The Balaban J connectivity index is 0.000000329. The van der Waals surface area contributed by atoms with Gasteiger partial charge in [-0.25, -0.2) is 5.01 Å². The van der Waals surface area contributed by atoms with Crippen LogP contribution in [0.2, 0.25) is 0 Å². The Morgan fingerprint density at radius 3 is 2.21 bits per heavy atom. The largest absolute Gasteiger partial charge is 2.00 e. The van der Waals surface area contributed by atoms with E-state index in [4.69, 9.17) is 5.10 Å². The van der Waals surface area contributed by atoms with E-state index in [0.717, 1.165) is 12.1 Å². The average molecular weight is 412 g/mol. The topological polar surface area (TPSA) is 32.7 Å². The summed E-state index contributed by atoms with van der Waals surface area (Å²) < 4.78 is 0. The second-order valence-corrected chi connectivity index (χ2v) is 7.30. The summed E-state index contributed by atoms with van der Waals surface area (Å²) in [4.78, 5) is 12.1. The van der Waals surface area contributed by atoms with Gasteiger partial charge in [-0.05, 0) is 75.7 Å². The van der Waals surface area contributed by atoms with Crippen molar-refractivity contribution in [3.05, 3.63) is 99.1 Å². The third-order valence-corrected chi connectivity index (χ3v) is 5.49. The molecule has 3 aliphatic carbocycles. The minimum absolute atomic E-state index is 0. The summed E-state index contributed by atoms with van der Waals surface area (Å²) in [6, 6.07) is 8.51. The number of carbonyl (C=O) groups excluding carboxylic acids is 1. The SMILES string of the molecule is CC(=O)N1N=C2c3ccccc3C(C)C[C@H]2[C@H]1[C]1[CH][CH][CH][CH]1.[CH]1[CH][CH][CH][CH]1.[Fe+2]. The van der Waals surface area contributed by atoms with Gasteiger partial charge in [-0.15, -0.1) is 0 Å². The van der Waals surface area contributed by atoms with E-state index in [1.807, 2.05) is 44.9 Å². The van der Waals surface area contributed by atoms with Crippen LogP contribution < -0.4 is 0 Å². The maximum Gasteiger partial charge on any atom is 2.00 e. The number of hydrogen-bond acceptors (Lipinski definition) is 2. The van der Waals surface area contributed by atoms with Crippen LogP contribution in [0.1, 0.15) is 37.3 Å². The molecule has 1 amide bonds. The third kappa shape index (κ3) is 4.23. The molecule has 2 saturated carbocycles. The molecule has 0 spiro atoms. The van der Waals surface area contributed by atoms with Gasteiger partial charge < -0.3 is 0 Å². The Labute approximate surface area is 180 Å². The Hall–Kier alpha value is -1.12. The zero-order chi connectivity index (χ0) is 18.8. The van der Waals surface area contributed by atoms with E-state index in [9.17, 15) is 4.79 Å². The first-order chi connectivity index (χ1) is 13.2. The van der Waals surface area contributed by atoms with Gasteiger partial charge in [-0.3, -0.25) is 4.79 Å². The number of fused-ring (bicyclic) bond motifs is 3. The Kier molecular flexibility index (Phi) is 7.39. The standard InChI is InChI=1S/C19H19N2O.C5H5.Fe/c1-12-11-17-18(16-10-6-5-9-15(12)16)20-21(13(2)22)19(17)14-7-3-4-8-14;1-2-4-5-3-1;/h3-10,12,17,19H,11H2,1-2H3;1-5H;/q;;+2/t12?,17-,19-;;/m1../s1. The average Bonchev–Trinajstić information content (AvgIpc) is 3.43. The van der Waals surface area contributed by atoms with Gasteiger partial charge in [0.25, 0.3) is 0 Å². The summed E-state index contributed by atoms with van der Waals surface area (Å²) in [7, 11) is 0. The maximum absolute atomic E-state index is 12.1. The van der Waals surface area contributed by atoms with Crippen LogP contribution in [0.25, 0.3) is 0 Å². The van der Waals surface area contributed by atoms with E-state index < -0.39 is 0 Å². The van der Waals surface area contributed by atoms with E-state index in [-0.39, 0.29) is 34.9 Å². The van der Waals surface area contributed by atoms with E-state index in [1.165, 1.54) is 17.0 Å². The molecule has 3 atom stereocenters. The molecule has 1 aromatic carbocycles. The summed E-state index contributed by atoms with van der Waals surface area (Å²) in [6.45, 7) is 3.88. The van der Waals surface area contributed by atoms with Crippen LogP contribution in [-0.2, 0) is 21.9 Å². The minimum Gasteiger partial charge on any atom is -0.273 e. The molecule has 1 aromatic rings. The van der Waals surface area contributed by atoms with Crippen LogP contribution >= 0.6 is 0 Å². The molecule has 1 heterocycles. The predicted molar refractivity (Wildman–Crippen MR) is 108 cm³/mol. The predicted octanol–water partition coefficient (Wildman–Crippen LogP) is 4.17. The van der Waals surface area contributed by atoms with Crippen molar-refractivity contribution in [3.8, 4) is 0 Å². The molecule has 5 rings (SSSR count). The molecule has 1 aliphatic heterocycles. The first kappa shape index (κ1) is 21.6. The zero-order valence-electron chi connectivity index (χ0n) is 16.1. The number of benzene rings is 1. The van der Waals surface area contributed by atoms with Crippen molar-refractivity contribution in [3.63, 3.8) is 0 Å². The quantitative estimate of drug-likeness (QED) is 0.638. The van der Waals surface area contributed by atoms with Gasteiger partial charge in [0.1, 0.15) is 0 Å². The number of hydrogen-bond donors (Lipinski definition) is 0. The Morgan fingerprint density at radius 1 is 1.00 bits per heavy atom. The first-order valence-electron chi connectivity index (χ1n) is 9.52. The van der Waals surface area contributed by atoms with Gasteiger partial charge in [0.2, 0.25) is 5.91 Å². The molecule has 10 radical (unpaired) electrons. The summed E-state index contributed by atoms with van der Waals surface area (Å²) in [5.74, 6) is 1.98. The molecule has 0 N–H and O–H groups in total. The van der Waals surface area contributed by atoms with Crippen LogP contribution in [-0.4, -0.2) is 22.7 Å². The smallest absolute Gasteiger partial charge is 0.273 e. The van der Waals surface area contributed by atoms with Gasteiger partial charge in [-0.1, -0.05) is 31.2 Å². The molecular weight excluding hydrogens is 388 g/mol. The van der Waals surface area contributed by atoms with Crippen LogP contribution in [0.4, 0.5) is 0 Å². The van der Waals surface area contributed by atoms with E-state index in [2.05, 4.69) is 44.0 Å². The van der Waals surface area contributed by atoms with E-state index in [0.29, 0.717) is 5.92 Å². The monoisotopic (exact) mass is 412 g/mol. The molecule has 4 heteroatoms. The minimum atomic E-state index is 0. The van der Waals surface area contributed by atoms with Gasteiger partial charge in [-0.2, -0.15) is 5.10 Å². The first-order valence-corrected chi connectivity index (χ1v) is 9.52. The number of rotatable bonds is 1. The third-order valence-electron chi connectivity index (χ3n) is 5.49. The Bertz CT molecular complexity index is 699. The number of hydrazone groups is 1. The number of amides is 1. The molecule has 0 bridgehead atoms. The van der Waals surface area contributed by atoms with Crippen LogP contribution in [0.5, 0.6) is 0 Å². The van der Waals surface area contributed by atoms with Crippen LogP contribution in [0, 0.1) is 69.6 Å². The summed E-state index contributed by atoms with van der Waals surface area (Å²) >= 11 is 0. The van der Waals surface area contributed by atoms with Gasteiger partial charge in [0, 0.05) is 24.3 Å². The van der Waals surface area contributed by atoms with Crippen molar-refractivity contribution >= 4 is 11.6 Å². The molecule has 1 unspecified atom stereocenters. The molecule has 0 aromatic heterocycles. The normalized spacial score (nSPS) is 28.6. The molecule has 28 heavy (non-hydrogen) atoms. The summed E-state index contributed by atoms with van der Waals surface area (Å²) in [6.07, 6.45) is 19.3. The van der Waals surface area contributed by atoms with Crippen molar-refractivity contribution in [2.75, 3.05) is 0 Å². The number of nitrogens with zero attached hydrogens (tertiary/aromatic N) is 2. The van der Waals surface area contributed by atoms with Crippen molar-refractivity contribution in [1.29, 1.82) is 0 Å². The molecule has 142 valence electrons. The molecule has 4 aliphatic rings. The zero-order valence-corrected chi connectivity index (χ0v) is 17.2. The molecule has 3 nitrogen and oxygen atoms in total. The van der Waals surface area contributed by atoms with Gasteiger partial charge in [0.15, 0.2) is 0 Å².